The molecule has 1 N–H and O–H groups in total. The largest absolute Gasteiger partial charge is 0.573 e. The molecule has 1 aliphatic heterocycles. The van der Waals surface area contributed by atoms with Crippen LogP contribution in [0.25, 0.3) is 5.76 Å². The van der Waals surface area contributed by atoms with E-state index in [-0.39, 0.29) is 17.0 Å². The number of hydrogen-bond donors (Lipinski definition) is 1. The monoisotopic (exact) mass is 527 g/mol. The highest BCUT2D eigenvalue weighted by atomic mass is 19.4. The molecule has 0 bridgehead atoms. The van der Waals surface area contributed by atoms with Gasteiger partial charge in [-0.3, -0.25) is 14.5 Å². The molecule has 1 atom stereocenters. The topological polar surface area (TPSA) is 85.3 Å². The van der Waals surface area contributed by atoms with E-state index in [1.54, 1.807) is 50.2 Å². The molecule has 3 aromatic carbocycles. The van der Waals surface area contributed by atoms with Crippen molar-refractivity contribution < 1.29 is 42.1 Å². The second kappa shape index (κ2) is 10.1. The summed E-state index contributed by atoms with van der Waals surface area (Å²) in [7, 11) is 2.97. The van der Waals surface area contributed by atoms with E-state index in [2.05, 4.69) is 4.74 Å². The van der Waals surface area contributed by atoms with E-state index in [9.17, 15) is 27.9 Å². The number of amides is 1. The number of aliphatic hydroxyl groups is 1. The van der Waals surface area contributed by atoms with Gasteiger partial charge in [-0.15, -0.1) is 13.2 Å². The molecule has 1 amide bonds. The van der Waals surface area contributed by atoms with Crippen LogP contribution in [0.15, 0.2) is 66.2 Å². The Hall–Kier alpha value is -4.47. The first kappa shape index (κ1) is 26.6. The van der Waals surface area contributed by atoms with Crippen LogP contribution in [0.3, 0.4) is 0 Å². The molecule has 0 aliphatic carbocycles. The maximum atomic E-state index is 13.4. The van der Waals surface area contributed by atoms with Crippen LogP contribution in [0.1, 0.15) is 28.3 Å². The Labute approximate surface area is 216 Å². The van der Waals surface area contributed by atoms with E-state index in [4.69, 9.17) is 9.47 Å². The first-order valence-corrected chi connectivity index (χ1v) is 11.4. The van der Waals surface area contributed by atoms with E-state index < -0.39 is 29.8 Å². The summed E-state index contributed by atoms with van der Waals surface area (Å²) in [6.07, 6.45) is -4.89. The molecule has 4 rings (SSSR count). The molecule has 3 aromatic rings. The minimum atomic E-state index is -4.89. The number of hydrogen-bond acceptors (Lipinski definition) is 6. The van der Waals surface area contributed by atoms with E-state index in [0.717, 1.165) is 17.0 Å². The highest BCUT2D eigenvalue weighted by Crippen LogP contribution is 2.44. The lowest BCUT2D eigenvalue weighted by Gasteiger charge is -2.26. The van der Waals surface area contributed by atoms with Gasteiger partial charge in [0, 0.05) is 11.3 Å². The summed E-state index contributed by atoms with van der Waals surface area (Å²) in [6, 6.07) is 13.4. The van der Waals surface area contributed by atoms with Gasteiger partial charge in [-0.25, -0.2) is 0 Å². The van der Waals surface area contributed by atoms with Crippen LogP contribution >= 0.6 is 0 Å². The molecular formula is C28H24F3NO6. The lowest BCUT2D eigenvalue weighted by molar-refractivity contribution is -0.274. The smallest absolute Gasteiger partial charge is 0.507 e. The quantitative estimate of drug-likeness (QED) is 0.246. The third-order valence-electron chi connectivity index (χ3n) is 6.20. The van der Waals surface area contributed by atoms with Crippen LogP contribution in [-0.2, 0) is 9.59 Å². The minimum absolute atomic E-state index is 0.135. The van der Waals surface area contributed by atoms with Gasteiger partial charge < -0.3 is 19.3 Å². The van der Waals surface area contributed by atoms with Crippen LogP contribution in [0, 0.1) is 13.8 Å². The number of ether oxygens (including phenoxy) is 3. The maximum Gasteiger partial charge on any atom is 0.573 e. The number of Topliss-reactive ketones (excluding diaryl/α,β-unsaturated/α-hetero) is 1. The molecule has 38 heavy (non-hydrogen) atoms. The van der Waals surface area contributed by atoms with Gasteiger partial charge in [-0.05, 0) is 79.1 Å². The minimum Gasteiger partial charge on any atom is -0.507 e. The molecule has 0 saturated carbocycles. The van der Waals surface area contributed by atoms with Crippen molar-refractivity contribution in [3.63, 3.8) is 0 Å². The number of anilines is 1. The van der Waals surface area contributed by atoms with E-state index in [0.29, 0.717) is 33.8 Å². The molecule has 10 heteroatoms. The van der Waals surface area contributed by atoms with Crippen molar-refractivity contribution in [2.75, 3.05) is 19.1 Å². The molecule has 1 fully saturated rings. The van der Waals surface area contributed by atoms with Gasteiger partial charge in [-0.2, -0.15) is 0 Å². The Kier molecular flexibility index (Phi) is 7.08. The van der Waals surface area contributed by atoms with Crippen molar-refractivity contribution in [3.8, 4) is 17.2 Å². The number of nitrogens with zero attached hydrogens (tertiary/aromatic N) is 1. The second-order valence-electron chi connectivity index (χ2n) is 8.62. The molecule has 0 spiro atoms. The standard InChI is InChI=1S/C28H24F3NO6/c1-15-13-22(37-4)16(2)12-21(15)25(33)23-24(17-6-5-7-20(14-17)36-3)32(27(35)26(23)34)18-8-10-19(11-9-18)38-28(29,30)31/h5-14,24,33H,1-4H3/b25-23+. The molecular weight excluding hydrogens is 503 g/mol. The fourth-order valence-electron chi connectivity index (χ4n) is 4.44. The maximum absolute atomic E-state index is 13.4. The Bertz CT molecular complexity index is 1430. The number of methoxy groups -OCH3 is 2. The van der Waals surface area contributed by atoms with Crippen LogP contribution in [0.5, 0.6) is 17.2 Å². The van der Waals surface area contributed by atoms with Crippen LogP contribution < -0.4 is 19.1 Å². The van der Waals surface area contributed by atoms with Crippen LogP contribution in [0.2, 0.25) is 0 Å². The Morgan fingerprint density at radius 3 is 2.18 bits per heavy atom. The zero-order valence-electron chi connectivity index (χ0n) is 20.9. The fraction of sp³-hybridized carbons (Fsp3) is 0.214. The molecule has 7 nitrogen and oxygen atoms in total. The lowest BCUT2D eigenvalue weighted by atomic mass is 9.93. The number of aliphatic hydroxyl groups excluding tert-OH is 1. The second-order valence-corrected chi connectivity index (χ2v) is 8.62. The number of halogens is 3. The molecule has 1 heterocycles. The van der Waals surface area contributed by atoms with Gasteiger partial charge in [0.1, 0.15) is 23.0 Å². The van der Waals surface area contributed by atoms with E-state index >= 15 is 0 Å². The summed E-state index contributed by atoms with van der Waals surface area (Å²) < 4.78 is 52.5. The third-order valence-corrected chi connectivity index (χ3v) is 6.20. The molecule has 0 aromatic heterocycles. The summed E-state index contributed by atoms with van der Waals surface area (Å²) in [6.45, 7) is 3.50. The van der Waals surface area contributed by atoms with E-state index in [1.807, 2.05) is 0 Å². The van der Waals surface area contributed by atoms with Crippen molar-refractivity contribution in [2.45, 2.75) is 26.3 Å². The SMILES string of the molecule is COc1cccc(C2/C(=C(\O)c3cc(C)c(OC)cc3C)C(=O)C(=O)N2c2ccc(OC(F)(F)F)cc2)c1. The van der Waals surface area contributed by atoms with Gasteiger partial charge in [-0.1, -0.05) is 12.1 Å². The number of benzene rings is 3. The van der Waals surface area contributed by atoms with Gasteiger partial charge >= 0.3 is 6.36 Å². The lowest BCUT2D eigenvalue weighted by Crippen LogP contribution is -2.29. The number of carbonyl (C=O) groups is 2. The Morgan fingerprint density at radius 2 is 1.58 bits per heavy atom. The van der Waals surface area contributed by atoms with Gasteiger partial charge in [0.05, 0.1) is 25.8 Å². The van der Waals surface area contributed by atoms with Crippen LogP contribution in [0.4, 0.5) is 18.9 Å². The third kappa shape index (κ3) is 5.02. The average molecular weight is 527 g/mol. The predicted molar refractivity (Wildman–Crippen MR) is 133 cm³/mol. The molecule has 198 valence electrons. The van der Waals surface area contributed by atoms with E-state index in [1.165, 1.54) is 26.4 Å². The molecule has 1 saturated heterocycles. The van der Waals surface area contributed by atoms with Crippen molar-refractivity contribution in [1.29, 1.82) is 0 Å². The number of alkyl halides is 3. The number of rotatable bonds is 6. The van der Waals surface area contributed by atoms with Crippen molar-refractivity contribution >= 4 is 23.1 Å². The zero-order valence-corrected chi connectivity index (χ0v) is 20.9. The van der Waals surface area contributed by atoms with Crippen LogP contribution in [-0.4, -0.2) is 37.4 Å². The fourth-order valence-corrected chi connectivity index (χ4v) is 4.44. The normalized spacial score (nSPS) is 17.0. The summed E-state index contributed by atoms with van der Waals surface area (Å²) in [5, 5.41) is 11.4. The van der Waals surface area contributed by atoms with Crippen molar-refractivity contribution in [3.05, 3.63) is 88.5 Å². The Morgan fingerprint density at radius 1 is 0.895 bits per heavy atom. The number of aryl methyl sites for hydroxylation is 2. The summed E-state index contributed by atoms with van der Waals surface area (Å²) in [4.78, 5) is 27.8. The van der Waals surface area contributed by atoms with Crippen molar-refractivity contribution in [2.24, 2.45) is 0 Å². The average Bonchev–Trinajstić information content (AvgIpc) is 3.14. The first-order chi connectivity index (χ1) is 17.9. The summed E-state index contributed by atoms with van der Waals surface area (Å²) >= 11 is 0. The van der Waals surface area contributed by atoms with Gasteiger partial charge in [0.25, 0.3) is 11.7 Å². The predicted octanol–water partition coefficient (Wildman–Crippen LogP) is 5.85. The van der Waals surface area contributed by atoms with Gasteiger partial charge in [0.2, 0.25) is 0 Å². The number of ketones is 1. The molecule has 1 unspecified atom stereocenters. The van der Waals surface area contributed by atoms with Gasteiger partial charge in [0.15, 0.2) is 0 Å². The Balaban J connectivity index is 1.91. The highest BCUT2D eigenvalue weighted by molar-refractivity contribution is 6.51. The molecule has 1 aliphatic rings. The summed E-state index contributed by atoms with van der Waals surface area (Å²) in [5.74, 6) is -1.74. The van der Waals surface area contributed by atoms with Crippen molar-refractivity contribution in [1.82, 2.24) is 0 Å². The highest BCUT2D eigenvalue weighted by Gasteiger charge is 2.47. The summed E-state index contributed by atoms with van der Waals surface area (Å²) in [5.41, 5.74) is 2.05. The first-order valence-electron chi connectivity index (χ1n) is 11.4. The zero-order chi connectivity index (χ0) is 27.8. The molecule has 0 radical (unpaired) electrons. The number of carbonyl (C=O) groups excluding carboxylic acids is 2.